The van der Waals surface area contributed by atoms with Crippen LogP contribution in [0.1, 0.15) is 30.1 Å². The average Bonchev–Trinajstić information content (AvgIpc) is 3.42. The number of pyridine rings is 2. The molecule has 9 nitrogen and oxygen atoms in total. The normalized spacial score (nSPS) is 19.3. The van der Waals surface area contributed by atoms with Crippen LogP contribution in [-0.2, 0) is 6.42 Å². The third-order valence-corrected chi connectivity index (χ3v) is 8.44. The Morgan fingerprint density at radius 3 is 2.76 bits per heavy atom. The van der Waals surface area contributed by atoms with Crippen LogP contribution in [0.15, 0.2) is 52.9 Å². The van der Waals surface area contributed by atoms with Gasteiger partial charge in [-0.1, -0.05) is 29.4 Å². The van der Waals surface area contributed by atoms with Crippen LogP contribution < -0.4 is 16.4 Å². The van der Waals surface area contributed by atoms with Gasteiger partial charge in [0.05, 0.1) is 9.92 Å². The van der Waals surface area contributed by atoms with E-state index < -0.39 is 0 Å². The van der Waals surface area contributed by atoms with Crippen molar-refractivity contribution in [2.24, 2.45) is 11.1 Å². The van der Waals surface area contributed by atoms with Crippen molar-refractivity contribution >= 4 is 40.8 Å². The number of fused-ring (bicyclic) bond motifs is 2. The summed E-state index contributed by atoms with van der Waals surface area (Å²) in [7, 11) is 0. The second kappa shape index (κ2) is 7.82. The molecule has 4 aromatic rings. The van der Waals surface area contributed by atoms with Gasteiger partial charge in [-0.3, -0.25) is 4.98 Å². The van der Waals surface area contributed by atoms with Gasteiger partial charge < -0.3 is 16.4 Å². The third kappa shape index (κ3) is 3.32. The topological polar surface area (TPSA) is 124 Å². The lowest BCUT2D eigenvalue weighted by Gasteiger charge is -2.42. The molecule has 0 bridgehead atoms. The summed E-state index contributed by atoms with van der Waals surface area (Å²) in [4.78, 5) is 17.3. The standard InChI is InChI=1S/C22H22ClN9S/c23-17-15(3-7-27-19(17)25)33-16-11-28-21(32-12-29-30-20(16)32)31-8-4-22(5-9-31)10-14-13(18(22)24)2-1-6-26-14/h1-3,6-7,11-12,18H,4-5,8-10,24H2,(H2,25,27)/t18-/m1/s1. The average molecular weight is 480 g/mol. The van der Waals surface area contributed by atoms with Crippen molar-refractivity contribution < 1.29 is 0 Å². The molecule has 0 aromatic carbocycles. The molecule has 11 heteroatoms. The predicted octanol–water partition coefficient (Wildman–Crippen LogP) is 3.14. The van der Waals surface area contributed by atoms with E-state index in [1.807, 2.05) is 28.9 Å². The first kappa shape index (κ1) is 20.6. The number of hydrogen-bond donors (Lipinski definition) is 2. The minimum absolute atomic E-state index is 0.0302. The van der Waals surface area contributed by atoms with Gasteiger partial charge in [0.2, 0.25) is 5.95 Å². The maximum absolute atomic E-state index is 6.70. The molecule has 33 heavy (non-hydrogen) atoms. The van der Waals surface area contributed by atoms with Gasteiger partial charge in [0.15, 0.2) is 5.65 Å². The van der Waals surface area contributed by atoms with Gasteiger partial charge >= 0.3 is 0 Å². The SMILES string of the molecule is Nc1nccc(Sc2cnc(N3CCC4(CC3)Cc3ncccc3[C@H]4N)n3cnnc23)c1Cl. The van der Waals surface area contributed by atoms with Crippen LogP contribution in [0.3, 0.4) is 0 Å². The summed E-state index contributed by atoms with van der Waals surface area (Å²) in [6, 6.07) is 5.95. The summed E-state index contributed by atoms with van der Waals surface area (Å²) < 4.78 is 1.93. The number of nitrogens with two attached hydrogens (primary N) is 2. The quantitative estimate of drug-likeness (QED) is 0.455. The van der Waals surface area contributed by atoms with Crippen molar-refractivity contribution in [2.45, 2.75) is 35.1 Å². The second-order valence-electron chi connectivity index (χ2n) is 8.60. The summed E-state index contributed by atoms with van der Waals surface area (Å²) >= 11 is 7.78. The van der Waals surface area contributed by atoms with Gasteiger partial charge in [-0.15, -0.1) is 10.2 Å². The number of rotatable bonds is 3. The first-order valence-electron chi connectivity index (χ1n) is 10.8. The number of nitrogen functional groups attached to an aromatic ring is 1. The molecule has 0 unspecified atom stereocenters. The van der Waals surface area contributed by atoms with Crippen molar-refractivity contribution in [3.8, 4) is 0 Å². The van der Waals surface area contributed by atoms with E-state index in [0.29, 0.717) is 10.8 Å². The minimum Gasteiger partial charge on any atom is -0.382 e. The number of nitrogens with zero attached hydrogens (tertiary/aromatic N) is 7. The molecule has 0 amide bonds. The molecule has 1 aliphatic carbocycles. The van der Waals surface area contributed by atoms with Gasteiger partial charge in [-0.2, -0.15) is 0 Å². The number of anilines is 2. The fourth-order valence-corrected chi connectivity index (χ4v) is 6.15. The van der Waals surface area contributed by atoms with Crippen molar-refractivity contribution in [3.63, 3.8) is 0 Å². The van der Waals surface area contributed by atoms with Crippen molar-refractivity contribution in [2.75, 3.05) is 23.7 Å². The Kier molecular flexibility index (Phi) is 4.89. The van der Waals surface area contributed by atoms with E-state index >= 15 is 0 Å². The summed E-state index contributed by atoms with van der Waals surface area (Å²) in [5, 5.41) is 8.91. The fourth-order valence-electron chi connectivity index (χ4n) is 5.02. The molecule has 1 fully saturated rings. The summed E-state index contributed by atoms with van der Waals surface area (Å²) in [6.07, 6.45) is 9.94. The van der Waals surface area contributed by atoms with Crippen LogP contribution in [-0.4, -0.2) is 42.6 Å². The van der Waals surface area contributed by atoms with E-state index in [2.05, 4.69) is 31.1 Å². The molecule has 2 aliphatic rings. The summed E-state index contributed by atoms with van der Waals surface area (Å²) in [5.41, 5.74) is 15.7. The Bertz CT molecular complexity index is 1350. The number of aromatic nitrogens is 6. The molecule has 5 heterocycles. The van der Waals surface area contributed by atoms with Crippen LogP contribution in [0, 0.1) is 5.41 Å². The van der Waals surface area contributed by atoms with E-state index in [0.717, 1.165) is 59.4 Å². The van der Waals surface area contributed by atoms with Crippen LogP contribution in [0.5, 0.6) is 0 Å². The summed E-state index contributed by atoms with van der Waals surface area (Å²) in [6.45, 7) is 1.72. The zero-order chi connectivity index (χ0) is 22.6. The number of piperidine rings is 1. The molecular formula is C22H22ClN9S. The van der Waals surface area contributed by atoms with Crippen molar-refractivity contribution in [3.05, 3.63) is 59.4 Å². The molecule has 4 N–H and O–H groups in total. The molecule has 1 spiro atoms. The Hall–Kier alpha value is -2.95. The molecule has 1 saturated heterocycles. The lowest BCUT2D eigenvalue weighted by molar-refractivity contribution is 0.186. The van der Waals surface area contributed by atoms with Crippen LogP contribution in [0.25, 0.3) is 5.65 Å². The molecule has 0 saturated carbocycles. The van der Waals surface area contributed by atoms with Gasteiger partial charge in [-0.25, -0.2) is 14.4 Å². The number of hydrogen-bond acceptors (Lipinski definition) is 9. The zero-order valence-corrected chi connectivity index (χ0v) is 19.3. The molecule has 168 valence electrons. The lowest BCUT2D eigenvalue weighted by atomic mass is 9.73. The fraction of sp³-hybridized carbons (Fsp3) is 0.318. The Morgan fingerprint density at radius 2 is 1.94 bits per heavy atom. The zero-order valence-electron chi connectivity index (χ0n) is 17.7. The van der Waals surface area contributed by atoms with Gasteiger partial charge in [0, 0.05) is 48.3 Å². The highest BCUT2D eigenvalue weighted by molar-refractivity contribution is 7.99. The molecular weight excluding hydrogens is 458 g/mol. The maximum atomic E-state index is 6.70. The largest absolute Gasteiger partial charge is 0.382 e. The van der Waals surface area contributed by atoms with Crippen LogP contribution >= 0.6 is 23.4 Å². The summed E-state index contributed by atoms with van der Waals surface area (Å²) in [5.74, 6) is 1.13. The molecule has 0 radical (unpaired) electrons. The van der Waals surface area contributed by atoms with Crippen molar-refractivity contribution in [1.29, 1.82) is 0 Å². The highest BCUT2D eigenvalue weighted by Gasteiger charge is 2.46. The van der Waals surface area contributed by atoms with E-state index in [-0.39, 0.29) is 11.5 Å². The van der Waals surface area contributed by atoms with Gasteiger partial charge in [0.25, 0.3) is 0 Å². The lowest BCUT2D eigenvalue weighted by Crippen LogP contribution is -2.45. The highest BCUT2D eigenvalue weighted by Crippen LogP contribution is 2.50. The molecule has 6 rings (SSSR count). The number of halogens is 1. The smallest absolute Gasteiger partial charge is 0.212 e. The van der Waals surface area contributed by atoms with E-state index in [1.54, 1.807) is 12.5 Å². The monoisotopic (exact) mass is 479 g/mol. The Morgan fingerprint density at radius 1 is 1.09 bits per heavy atom. The molecule has 1 aliphatic heterocycles. The second-order valence-corrected chi connectivity index (χ2v) is 10.1. The Labute approximate surface area is 199 Å². The molecule has 4 aromatic heterocycles. The first-order valence-corrected chi connectivity index (χ1v) is 12.0. The van der Waals surface area contributed by atoms with Crippen molar-refractivity contribution in [1.82, 2.24) is 29.5 Å². The van der Waals surface area contributed by atoms with E-state index in [1.165, 1.54) is 17.3 Å². The predicted molar refractivity (Wildman–Crippen MR) is 127 cm³/mol. The minimum atomic E-state index is 0.0302. The third-order valence-electron chi connectivity index (χ3n) is 6.86. The maximum Gasteiger partial charge on any atom is 0.212 e. The molecule has 1 atom stereocenters. The van der Waals surface area contributed by atoms with Gasteiger partial charge in [0.1, 0.15) is 12.1 Å². The highest BCUT2D eigenvalue weighted by atomic mass is 35.5. The van der Waals surface area contributed by atoms with Gasteiger partial charge in [-0.05, 0) is 42.4 Å². The van der Waals surface area contributed by atoms with Crippen LogP contribution in [0.4, 0.5) is 11.8 Å². The van der Waals surface area contributed by atoms with E-state index in [4.69, 9.17) is 28.1 Å². The Balaban J connectivity index is 1.25. The van der Waals surface area contributed by atoms with E-state index in [9.17, 15) is 0 Å². The first-order chi connectivity index (χ1) is 16.1. The van der Waals surface area contributed by atoms with Crippen LogP contribution in [0.2, 0.25) is 5.02 Å².